The van der Waals surface area contributed by atoms with Gasteiger partial charge in [-0.3, -0.25) is 0 Å². The normalized spacial score (nSPS) is 11.3. The zero-order chi connectivity index (χ0) is 28.2. The maximum absolute atomic E-state index is 9.47. The Morgan fingerprint density at radius 3 is 1.81 bits per heavy atom. The van der Waals surface area contributed by atoms with Crippen LogP contribution in [0.25, 0.3) is 71.0 Å². The number of rotatable bonds is 3. The Hall–Kier alpha value is -6.10. The fourth-order valence-electron chi connectivity index (χ4n) is 6.26. The van der Waals surface area contributed by atoms with Crippen LogP contribution in [0, 0.1) is 17.9 Å². The summed E-state index contributed by atoms with van der Waals surface area (Å²) in [5, 5.41) is 13.9. The van der Waals surface area contributed by atoms with Gasteiger partial charge in [0.25, 0.3) is 0 Å². The lowest BCUT2D eigenvalue weighted by Crippen LogP contribution is -1.95. The third kappa shape index (κ3) is 3.53. The summed E-state index contributed by atoms with van der Waals surface area (Å²) < 4.78 is 4.55. The summed E-state index contributed by atoms with van der Waals surface area (Å²) in [6, 6.07) is 48.1. The predicted octanol–water partition coefficient (Wildman–Crippen LogP) is 9.97. The minimum Gasteiger partial charge on any atom is -0.309 e. The highest BCUT2D eigenvalue weighted by atomic mass is 15.0. The molecule has 6 aromatic carbocycles. The predicted molar refractivity (Wildman–Crippen MR) is 172 cm³/mol. The van der Waals surface area contributed by atoms with E-state index in [2.05, 4.69) is 111 Å². The molecule has 42 heavy (non-hydrogen) atoms. The average molecular weight is 535 g/mol. The van der Waals surface area contributed by atoms with Gasteiger partial charge in [-0.15, -0.1) is 0 Å². The van der Waals surface area contributed by atoms with Gasteiger partial charge in [0.1, 0.15) is 0 Å². The van der Waals surface area contributed by atoms with Gasteiger partial charge in [0.2, 0.25) is 0 Å². The molecule has 0 fully saturated rings. The minimum absolute atomic E-state index is 0.646. The van der Waals surface area contributed by atoms with E-state index >= 15 is 0 Å². The van der Waals surface area contributed by atoms with Crippen molar-refractivity contribution < 1.29 is 0 Å². The number of para-hydroxylation sites is 2. The zero-order valence-corrected chi connectivity index (χ0v) is 22.5. The second-order valence-corrected chi connectivity index (χ2v) is 10.5. The van der Waals surface area contributed by atoms with Gasteiger partial charge in [0.15, 0.2) is 5.69 Å². The van der Waals surface area contributed by atoms with Crippen molar-refractivity contribution in [1.82, 2.24) is 9.13 Å². The topological polar surface area (TPSA) is 38.0 Å². The van der Waals surface area contributed by atoms with E-state index in [0.29, 0.717) is 11.3 Å². The number of fused-ring (bicyclic) bond motifs is 6. The van der Waals surface area contributed by atoms with Gasteiger partial charge in [-0.25, -0.2) is 4.85 Å². The van der Waals surface area contributed by atoms with Crippen molar-refractivity contribution in [1.29, 1.82) is 5.26 Å². The monoisotopic (exact) mass is 534 g/mol. The molecule has 0 spiro atoms. The SMILES string of the molecule is [C-]#[N+]c1ccc2c(c1)c1ccccc1n2-c1cccc(-c2ccc(-n3c4ccccc4c4cc(C#N)ccc43)cc2)c1. The van der Waals surface area contributed by atoms with Crippen LogP contribution in [0.2, 0.25) is 0 Å². The van der Waals surface area contributed by atoms with Crippen LogP contribution in [0.5, 0.6) is 0 Å². The maximum atomic E-state index is 9.47. The summed E-state index contributed by atoms with van der Waals surface area (Å²) in [5.41, 5.74) is 10.1. The van der Waals surface area contributed by atoms with Crippen LogP contribution in [-0.4, -0.2) is 9.13 Å². The van der Waals surface area contributed by atoms with Crippen LogP contribution >= 0.6 is 0 Å². The van der Waals surface area contributed by atoms with Crippen LogP contribution in [0.4, 0.5) is 5.69 Å². The number of nitrogens with zero attached hydrogens (tertiary/aromatic N) is 4. The molecule has 0 N–H and O–H groups in total. The van der Waals surface area contributed by atoms with Crippen molar-refractivity contribution in [2.24, 2.45) is 0 Å². The van der Waals surface area contributed by atoms with Crippen LogP contribution in [0.1, 0.15) is 5.56 Å². The number of nitriles is 1. The quantitative estimate of drug-likeness (QED) is 0.208. The lowest BCUT2D eigenvalue weighted by molar-refractivity contribution is 1.18. The Morgan fingerprint density at radius 2 is 1.12 bits per heavy atom. The largest absolute Gasteiger partial charge is 0.309 e. The maximum Gasteiger partial charge on any atom is 0.188 e. The lowest BCUT2D eigenvalue weighted by Gasteiger charge is -2.12. The first-order valence-corrected chi connectivity index (χ1v) is 13.8. The van der Waals surface area contributed by atoms with Crippen molar-refractivity contribution in [2.75, 3.05) is 0 Å². The summed E-state index contributed by atoms with van der Waals surface area (Å²) in [6.07, 6.45) is 0. The molecule has 0 aliphatic carbocycles. The highest BCUT2D eigenvalue weighted by Crippen LogP contribution is 2.36. The molecule has 0 aliphatic heterocycles. The molecule has 194 valence electrons. The molecule has 0 aliphatic rings. The number of aromatic nitrogens is 2. The average Bonchev–Trinajstić information content (AvgIpc) is 3.57. The van der Waals surface area contributed by atoms with E-state index in [1.807, 2.05) is 42.5 Å². The van der Waals surface area contributed by atoms with Gasteiger partial charge >= 0.3 is 0 Å². The second-order valence-electron chi connectivity index (χ2n) is 10.5. The van der Waals surface area contributed by atoms with E-state index in [0.717, 1.165) is 66.1 Å². The molecule has 0 saturated heterocycles. The van der Waals surface area contributed by atoms with Crippen molar-refractivity contribution in [3.05, 3.63) is 150 Å². The molecule has 0 radical (unpaired) electrons. The molecule has 0 unspecified atom stereocenters. The summed E-state index contributed by atoms with van der Waals surface area (Å²) in [5.74, 6) is 0. The van der Waals surface area contributed by atoms with Gasteiger partial charge in [-0.2, -0.15) is 5.26 Å². The zero-order valence-electron chi connectivity index (χ0n) is 22.5. The Morgan fingerprint density at radius 1 is 0.500 bits per heavy atom. The summed E-state index contributed by atoms with van der Waals surface area (Å²) in [4.78, 5) is 3.66. The highest BCUT2D eigenvalue weighted by Gasteiger charge is 2.15. The van der Waals surface area contributed by atoms with E-state index in [9.17, 15) is 5.26 Å². The van der Waals surface area contributed by atoms with Gasteiger partial charge < -0.3 is 9.13 Å². The molecular weight excluding hydrogens is 512 g/mol. The molecule has 2 aromatic heterocycles. The van der Waals surface area contributed by atoms with Crippen molar-refractivity contribution in [2.45, 2.75) is 0 Å². The van der Waals surface area contributed by atoms with Gasteiger partial charge in [0, 0.05) is 27.5 Å². The molecule has 4 heteroatoms. The van der Waals surface area contributed by atoms with Crippen LogP contribution in [-0.2, 0) is 0 Å². The smallest absolute Gasteiger partial charge is 0.188 e. The van der Waals surface area contributed by atoms with E-state index < -0.39 is 0 Å². The van der Waals surface area contributed by atoms with Gasteiger partial charge in [0.05, 0.1) is 40.3 Å². The first-order chi connectivity index (χ1) is 20.7. The third-order valence-electron chi connectivity index (χ3n) is 8.15. The first kappa shape index (κ1) is 23.8. The lowest BCUT2D eigenvalue weighted by atomic mass is 10.0. The molecule has 0 amide bonds. The molecule has 0 bridgehead atoms. The van der Waals surface area contributed by atoms with Crippen LogP contribution in [0.15, 0.2) is 133 Å². The Kier molecular flexibility index (Phi) is 5.22. The van der Waals surface area contributed by atoms with E-state index in [1.165, 1.54) is 0 Å². The summed E-state index contributed by atoms with van der Waals surface area (Å²) in [7, 11) is 0. The highest BCUT2D eigenvalue weighted by molar-refractivity contribution is 6.11. The Balaban J connectivity index is 1.25. The van der Waals surface area contributed by atoms with Crippen molar-refractivity contribution >= 4 is 49.3 Å². The molecule has 2 heterocycles. The van der Waals surface area contributed by atoms with Gasteiger partial charge in [-0.05, 0) is 83.2 Å². The van der Waals surface area contributed by atoms with Crippen molar-refractivity contribution in [3.8, 4) is 28.6 Å². The van der Waals surface area contributed by atoms with E-state index in [4.69, 9.17) is 6.57 Å². The van der Waals surface area contributed by atoms with Crippen molar-refractivity contribution in [3.63, 3.8) is 0 Å². The van der Waals surface area contributed by atoms with Crippen LogP contribution in [0.3, 0.4) is 0 Å². The van der Waals surface area contributed by atoms with E-state index in [1.54, 1.807) is 0 Å². The number of benzene rings is 6. The molecule has 0 atom stereocenters. The fraction of sp³-hybridized carbons (Fsp3) is 0. The molecule has 0 saturated carbocycles. The Bertz CT molecular complexity index is 2430. The standard InChI is InChI=1S/C38H22N4/c1-40-28-16-20-38-34(23-28)32-10-3-5-12-36(32)42(38)30-8-6-7-27(22-30)26-14-17-29(18-15-26)41-35-11-4-2-9-31(35)33-21-25(24-39)13-19-37(33)41/h2-23H. The Labute approximate surface area is 242 Å². The number of hydrogen-bond acceptors (Lipinski definition) is 1. The number of hydrogen-bond donors (Lipinski definition) is 0. The molecular formula is C38H22N4. The minimum atomic E-state index is 0.646. The van der Waals surface area contributed by atoms with Crippen LogP contribution < -0.4 is 0 Å². The molecule has 4 nitrogen and oxygen atoms in total. The van der Waals surface area contributed by atoms with E-state index in [-0.39, 0.29) is 0 Å². The van der Waals surface area contributed by atoms with Gasteiger partial charge in [-0.1, -0.05) is 66.7 Å². The third-order valence-corrected chi connectivity index (χ3v) is 8.15. The molecule has 8 rings (SSSR count). The fourth-order valence-corrected chi connectivity index (χ4v) is 6.26. The summed E-state index contributed by atoms with van der Waals surface area (Å²) >= 11 is 0. The second kappa shape index (κ2) is 9.24. The molecule has 8 aromatic rings. The summed E-state index contributed by atoms with van der Waals surface area (Å²) in [6.45, 7) is 7.48. The first-order valence-electron chi connectivity index (χ1n) is 13.8.